The Labute approximate surface area is 216 Å². The molecule has 184 valence electrons. The summed E-state index contributed by atoms with van der Waals surface area (Å²) in [6, 6.07) is 21.3. The summed E-state index contributed by atoms with van der Waals surface area (Å²) in [5, 5.41) is 23.9. The number of hydrogen-bond donors (Lipinski definition) is 1. The van der Waals surface area contributed by atoms with Crippen molar-refractivity contribution in [2.24, 2.45) is 5.10 Å². The SMILES string of the molecule is O=[N+]([O-])c1cccc(/C=N/n2cnnc2S[C@H](CNS(=O)(=O)c2ccc(Cl)cc2)c2ccccc2)c1. The summed E-state index contributed by atoms with van der Waals surface area (Å²) in [4.78, 5) is 10.6. The molecule has 4 rings (SSSR count). The lowest BCUT2D eigenvalue weighted by Gasteiger charge is -2.17. The fourth-order valence-corrected chi connectivity index (χ4v) is 5.42. The molecule has 13 heteroatoms. The molecular formula is C23H19ClN6O4S2. The van der Waals surface area contributed by atoms with Gasteiger partial charge >= 0.3 is 0 Å². The molecule has 4 aromatic rings. The van der Waals surface area contributed by atoms with Crippen LogP contribution in [0.3, 0.4) is 0 Å². The Bertz CT molecular complexity index is 1480. The van der Waals surface area contributed by atoms with Crippen LogP contribution in [0.5, 0.6) is 0 Å². The number of nitro groups is 1. The number of nitrogens with one attached hydrogen (secondary N) is 1. The van der Waals surface area contributed by atoms with Gasteiger partial charge in [-0.3, -0.25) is 10.1 Å². The highest BCUT2D eigenvalue weighted by molar-refractivity contribution is 7.99. The third-order valence-corrected chi connectivity index (χ3v) is 7.81. The number of nitrogens with zero attached hydrogens (tertiary/aromatic N) is 5. The minimum absolute atomic E-state index is 0.0468. The summed E-state index contributed by atoms with van der Waals surface area (Å²) in [6.45, 7) is 0.0705. The van der Waals surface area contributed by atoms with Gasteiger partial charge in [-0.25, -0.2) is 13.1 Å². The Balaban J connectivity index is 1.54. The lowest BCUT2D eigenvalue weighted by molar-refractivity contribution is -0.384. The lowest BCUT2D eigenvalue weighted by atomic mass is 10.1. The van der Waals surface area contributed by atoms with Crippen molar-refractivity contribution in [2.45, 2.75) is 15.3 Å². The highest BCUT2D eigenvalue weighted by Crippen LogP contribution is 2.34. The molecule has 0 aliphatic carbocycles. The van der Waals surface area contributed by atoms with E-state index in [0.717, 1.165) is 5.56 Å². The lowest BCUT2D eigenvalue weighted by Crippen LogP contribution is -2.27. The van der Waals surface area contributed by atoms with Crippen molar-refractivity contribution in [1.82, 2.24) is 19.6 Å². The molecule has 0 radical (unpaired) electrons. The van der Waals surface area contributed by atoms with E-state index in [2.05, 4.69) is 20.0 Å². The molecule has 1 heterocycles. The Morgan fingerprint density at radius 3 is 2.58 bits per heavy atom. The van der Waals surface area contributed by atoms with Crippen LogP contribution in [0.2, 0.25) is 5.02 Å². The number of rotatable bonds is 10. The van der Waals surface area contributed by atoms with Gasteiger partial charge in [0.1, 0.15) is 6.33 Å². The largest absolute Gasteiger partial charge is 0.270 e. The van der Waals surface area contributed by atoms with Gasteiger partial charge < -0.3 is 0 Å². The summed E-state index contributed by atoms with van der Waals surface area (Å²) in [6.07, 6.45) is 2.86. The molecule has 10 nitrogen and oxygen atoms in total. The molecule has 1 atom stereocenters. The summed E-state index contributed by atoms with van der Waals surface area (Å²) in [5.74, 6) is 0. The van der Waals surface area contributed by atoms with Gasteiger partial charge in [0.25, 0.3) is 5.69 Å². The molecule has 0 aliphatic rings. The molecule has 0 amide bonds. The van der Waals surface area contributed by atoms with E-state index in [1.54, 1.807) is 12.1 Å². The van der Waals surface area contributed by atoms with Crippen LogP contribution in [0.1, 0.15) is 16.4 Å². The van der Waals surface area contributed by atoms with Crippen LogP contribution in [0.15, 0.2) is 100 Å². The van der Waals surface area contributed by atoms with Crippen LogP contribution in [-0.4, -0.2) is 41.0 Å². The number of benzene rings is 3. The zero-order valence-corrected chi connectivity index (χ0v) is 20.9. The van der Waals surface area contributed by atoms with Crippen molar-refractivity contribution < 1.29 is 13.3 Å². The molecule has 0 saturated heterocycles. The van der Waals surface area contributed by atoms with E-state index in [-0.39, 0.29) is 22.4 Å². The maximum Gasteiger partial charge on any atom is 0.270 e. The maximum atomic E-state index is 12.8. The van der Waals surface area contributed by atoms with Gasteiger partial charge in [-0.2, -0.15) is 9.78 Å². The van der Waals surface area contributed by atoms with Gasteiger partial charge in [0, 0.05) is 29.3 Å². The molecule has 0 spiro atoms. The summed E-state index contributed by atoms with van der Waals surface area (Å²) >= 11 is 7.15. The molecule has 1 aromatic heterocycles. The molecule has 1 N–H and O–H groups in total. The molecule has 0 saturated carbocycles. The quantitative estimate of drug-likeness (QED) is 0.135. The molecule has 0 fully saturated rings. The number of aromatic nitrogens is 3. The molecule has 0 bridgehead atoms. The number of sulfonamides is 1. The monoisotopic (exact) mass is 542 g/mol. The minimum atomic E-state index is -3.78. The zero-order chi connectivity index (χ0) is 25.5. The first-order valence-corrected chi connectivity index (χ1v) is 13.2. The Hall–Kier alpha value is -3.58. The average molecular weight is 543 g/mol. The second-order valence-corrected chi connectivity index (χ2v) is 10.8. The van der Waals surface area contributed by atoms with Crippen molar-refractivity contribution in [3.63, 3.8) is 0 Å². The van der Waals surface area contributed by atoms with Crippen molar-refractivity contribution in [3.8, 4) is 0 Å². The summed E-state index contributed by atoms with van der Waals surface area (Å²) in [5.41, 5.74) is 1.36. The third-order valence-electron chi connectivity index (χ3n) is 4.91. The zero-order valence-electron chi connectivity index (χ0n) is 18.5. The van der Waals surface area contributed by atoms with Gasteiger partial charge in [0.05, 0.1) is 21.3 Å². The fraction of sp³-hybridized carbons (Fsp3) is 0.0870. The minimum Gasteiger partial charge on any atom is -0.258 e. The first-order chi connectivity index (χ1) is 17.3. The van der Waals surface area contributed by atoms with E-state index < -0.39 is 14.9 Å². The van der Waals surface area contributed by atoms with Crippen LogP contribution in [-0.2, 0) is 10.0 Å². The van der Waals surface area contributed by atoms with E-state index in [9.17, 15) is 18.5 Å². The van der Waals surface area contributed by atoms with Gasteiger partial charge in [0.15, 0.2) is 0 Å². The smallest absolute Gasteiger partial charge is 0.258 e. The second kappa shape index (κ2) is 11.4. The van der Waals surface area contributed by atoms with Gasteiger partial charge in [-0.1, -0.05) is 65.8 Å². The van der Waals surface area contributed by atoms with Crippen molar-refractivity contribution in [2.75, 3.05) is 6.54 Å². The predicted octanol–water partition coefficient (Wildman–Crippen LogP) is 4.53. The standard InChI is InChI=1S/C23H19ClN6O4S2/c24-19-9-11-21(12-10-19)36(33,34)27-15-22(18-6-2-1-3-7-18)35-23-28-25-16-29(23)26-14-17-5-4-8-20(13-17)30(31)32/h1-14,16,22,27H,15H2/b26-14+/t22-/m1/s1. The van der Waals surface area contributed by atoms with Crippen molar-refractivity contribution in [1.29, 1.82) is 0 Å². The fourth-order valence-electron chi connectivity index (χ4n) is 3.13. The van der Waals surface area contributed by atoms with Crippen LogP contribution >= 0.6 is 23.4 Å². The molecular weight excluding hydrogens is 524 g/mol. The Morgan fingerprint density at radius 1 is 1.11 bits per heavy atom. The van der Waals surface area contributed by atoms with E-state index in [1.165, 1.54) is 65.4 Å². The second-order valence-electron chi connectivity index (χ2n) is 7.38. The summed E-state index contributed by atoms with van der Waals surface area (Å²) in [7, 11) is -3.78. The van der Waals surface area contributed by atoms with E-state index in [1.807, 2.05) is 30.3 Å². The number of nitro benzene ring substituents is 1. The Morgan fingerprint density at radius 2 is 1.86 bits per heavy atom. The molecule has 0 unspecified atom stereocenters. The number of thioether (sulfide) groups is 1. The molecule has 0 aliphatic heterocycles. The van der Waals surface area contributed by atoms with Gasteiger partial charge in [0.2, 0.25) is 15.2 Å². The van der Waals surface area contributed by atoms with Crippen molar-refractivity contribution >= 4 is 45.3 Å². The van der Waals surface area contributed by atoms with E-state index >= 15 is 0 Å². The number of halogens is 1. The first kappa shape index (κ1) is 25.5. The maximum absolute atomic E-state index is 12.8. The van der Waals surface area contributed by atoms with Crippen LogP contribution in [0.4, 0.5) is 5.69 Å². The molecule has 36 heavy (non-hydrogen) atoms. The topological polar surface area (TPSA) is 132 Å². The summed E-state index contributed by atoms with van der Waals surface area (Å²) < 4.78 is 29.7. The average Bonchev–Trinajstić information content (AvgIpc) is 3.33. The van der Waals surface area contributed by atoms with Gasteiger partial charge in [-0.05, 0) is 29.8 Å². The van der Waals surface area contributed by atoms with Gasteiger partial charge in [-0.15, -0.1) is 10.2 Å². The van der Waals surface area contributed by atoms with E-state index in [0.29, 0.717) is 15.7 Å². The first-order valence-electron chi connectivity index (χ1n) is 10.5. The highest BCUT2D eigenvalue weighted by Gasteiger charge is 2.21. The number of hydrogen-bond acceptors (Lipinski definition) is 8. The predicted molar refractivity (Wildman–Crippen MR) is 138 cm³/mol. The Kier molecular flexibility index (Phi) is 8.10. The number of non-ortho nitro benzene ring substituents is 1. The molecule has 3 aromatic carbocycles. The van der Waals surface area contributed by atoms with Crippen LogP contribution in [0.25, 0.3) is 0 Å². The van der Waals surface area contributed by atoms with Crippen LogP contribution in [0, 0.1) is 10.1 Å². The van der Waals surface area contributed by atoms with Crippen molar-refractivity contribution in [3.05, 3.63) is 111 Å². The van der Waals surface area contributed by atoms with Crippen LogP contribution < -0.4 is 4.72 Å². The normalized spacial score (nSPS) is 12.6. The third kappa shape index (κ3) is 6.55. The van der Waals surface area contributed by atoms with E-state index in [4.69, 9.17) is 11.6 Å². The highest BCUT2D eigenvalue weighted by atomic mass is 35.5.